The van der Waals surface area contributed by atoms with Gasteiger partial charge in [-0.15, -0.1) is 0 Å². The Morgan fingerprint density at radius 1 is 0.444 bits per heavy atom. The van der Waals surface area contributed by atoms with Crippen molar-refractivity contribution < 1.29 is 5.11 Å². The molecule has 0 aromatic heterocycles. The normalized spacial score (nSPS) is 11.9. The molecule has 172 valence electrons. The van der Waals surface area contributed by atoms with Crippen LogP contribution in [0.1, 0.15) is 16.7 Å². The second-order valence-corrected chi connectivity index (χ2v) is 10.1. The molecule has 36 heavy (non-hydrogen) atoms. The van der Waals surface area contributed by atoms with Gasteiger partial charge in [-0.3, -0.25) is 0 Å². The van der Waals surface area contributed by atoms with E-state index in [1.54, 1.807) is 0 Å². The van der Waals surface area contributed by atoms with Gasteiger partial charge in [-0.1, -0.05) is 90.5 Å². The van der Waals surface area contributed by atoms with E-state index in [1.807, 2.05) is 12.1 Å². The highest BCUT2D eigenvalue weighted by Gasteiger charge is 2.23. The minimum atomic E-state index is 0.344. The van der Waals surface area contributed by atoms with Crippen LogP contribution in [0.3, 0.4) is 0 Å². The molecule has 1 heteroatoms. The van der Waals surface area contributed by atoms with Crippen molar-refractivity contribution in [3.05, 3.63) is 114 Å². The van der Waals surface area contributed by atoms with E-state index in [0.717, 1.165) is 11.1 Å². The van der Waals surface area contributed by atoms with Crippen LogP contribution in [0.15, 0.2) is 97.1 Å². The average Bonchev–Trinajstić information content (AvgIpc) is 3.36. The summed E-state index contributed by atoms with van der Waals surface area (Å²) in [6.07, 6.45) is 0. The van der Waals surface area contributed by atoms with Crippen molar-refractivity contribution >= 4 is 21.5 Å². The van der Waals surface area contributed by atoms with Crippen LogP contribution in [0.25, 0.3) is 66.1 Å². The highest BCUT2D eigenvalue weighted by atomic mass is 16.3. The van der Waals surface area contributed by atoms with Crippen molar-refractivity contribution in [1.29, 1.82) is 0 Å². The fraction of sp³-hybridized carbons (Fsp3) is 0.0857. The Morgan fingerprint density at radius 3 is 1.42 bits per heavy atom. The molecule has 0 bridgehead atoms. The Bertz CT molecular complexity index is 1720. The van der Waals surface area contributed by atoms with E-state index >= 15 is 0 Å². The number of aromatic hydroxyl groups is 1. The molecular formula is C35H26O. The molecule has 0 aliphatic heterocycles. The van der Waals surface area contributed by atoms with Crippen LogP contribution in [-0.4, -0.2) is 5.11 Å². The summed E-state index contributed by atoms with van der Waals surface area (Å²) in [5.41, 5.74) is 14.4. The van der Waals surface area contributed by atoms with Crippen molar-refractivity contribution in [2.75, 3.05) is 0 Å². The molecule has 0 unspecified atom stereocenters. The molecule has 6 aromatic carbocycles. The lowest BCUT2D eigenvalue weighted by molar-refractivity contribution is 0.475. The first-order chi connectivity index (χ1) is 17.5. The van der Waals surface area contributed by atoms with Crippen molar-refractivity contribution in [1.82, 2.24) is 0 Å². The number of hydrogen-bond acceptors (Lipinski definition) is 1. The number of phenols is 1. The quantitative estimate of drug-likeness (QED) is 0.238. The summed E-state index contributed by atoms with van der Waals surface area (Å²) in [6.45, 7) is 6.45. The molecule has 2 aliphatic rings. The molecule has 8 rings (SSSR count). The number of fused-ring (bicyclic) bond motifs is 6. The third kappa shape index (κ3) is 2.90. The molecule has 0 saturated carbocycles. The fourth-order valence-electron chi connectivity index (χ4n) is 6.42. The number of benzene rings is 6. The van der Waals surface area contributed by atoms with Crippen molar-refractivity contribution in [2.45, 2.75) is 20.8 Å². The van der Waals surface area contributed by atoms with E-state index in [4.69, 9.17) is 0 Å². The van der Waals surface area contributed by atoms with Crippen LogP contribution in [0.4, 0.5) is 0 Å². The van der Waals surface area contributed by atoms with Gasteiger partial charge < -0.3 is 5.11 Å². The third-order valence-corrected chi connectivity index (χ3v) is 7.73. The second kappa shape index (κ2) is 7.57. The topological polar surface area (TPSA) is 20.2 Å². The Kier molecular flexibility index (Phi) is 4.41. The standard InChI is InChI=1S/C18H14.C17H12O/c1-11-9-12(2)17-15-8-4-6-13-5-3-7-14(18(13)15)16(17)10-11;1-10-8-12(18)9-15-13-6-2-4-11-5-3-7-14(16(10)15)17(11)13/h3-10H,1-2H3;2-9,18H,1H3. The van der Waals surface area contributed by atoms with Gasteiger partial charge in [-0.2, -0.15) is 0 Å². The Hall–Kier alpha value is -4.36. The molecule has 0 atom stereocenters. The Balaban J connectivity index is 0.000000122. The van der Waals surface area contributed by atoms with Crippen molar-refractivity contribution in [3.63, 3.8) is 0 Å². The lowest BCUT2D eigenvalue weighted by Gasteiger charge is -2.07. The first-order valence-electron chi connectivity index (χ1n) is 12.5. The van der Waals surface area contributed by atoms with Gasteiger partial charge in [0.1, 0.15) is 5.75 Å². The summed E-state index contributed by atoms with van der Waals surface area (Å²) in [5.74, 6) is 0.344. The SMILES string of the molecule is Cc1cc(C)c2c(c1)-c1cccc3cccc-2c13.Cc1cc(O)cc2c1-c1cccc3cccc-2c13. The van der Waals surface area contributed by atoms with Gasteiger partial charge in [0, 0.05) is 0 Å². The van der Waals surface area contributed by atoms with Crippen LogP contribution in [0.5, 0.6) is 5.75 Å². The predicted molar refractivity (Wildman–Crippen MR) is 153 cm³/mol. The van der Waals surface area contributed by atoms with Crippen LogP contribution in [0.2, 0.25) is 0 Å². The van der Waals surface area contributed by atoms with Gasteiger partial charge in [0.05, 0.1) is 0 Å². The summed E-state index contributed by atoms with van der Waals surface area (Å²) < 4.78 is 0. The summed E-state index contributed by atoms with van der Waals surface area (Å²) >= 11 is 0. The molecule has 1 N–H and O–H groups in total. The molecule has 0 heterocycles. The van der Waals surface area contributed by atoms with E-state index in [1.165, 1.54) is 71.6 Å². The minimum Gasteiger partial charge on any atom is -0.508 e. The molecular weight excluding hydrogens is 436 g/mol. The van der Waals surface area contributed by atoms with Crippen molar-refractivity contribution in [3.8, 4) is 50.3 Å². The highest BCUT2D eigenvalue weighted by molar-refractivity contribution is 6.17. The molecule has 2 aliphatic carbocycles. The van der Waals surface area contributed by atoms with Gasteiger partial charge in [0.2, 0.25) is 0 Å². The maximum absolute atomic E-state index is 9.81. The lowest BCUT2D eigenvalue weighted by Crippen LogP contribution is -1.84. The van der Waals surface area contributed by atoms with Crippen LogP contribution in [0, 0.1) is 20.8 Å². The lowest BCUT2D eigenvalue weighted by atomic mass is 9.97. The van der Waals surface area contributed by atoms with Gasteiger partial charge >= 0.3 is 0 Å². The Morgan fingerprint density at radius 2 is 0.889 bits per heavy atom. The van der Waals surface area contributed by atoms with Gasteiger partial charge in [0.25, 0.3) is 0 Å². The predicted octanol–water partition coefficient (Wildman–Crippen LogP) is 9.61. The smallest absolute Gasteiger partial charge is 0.116 e. The van der Waals surface area contributed by atoms with Gasteiger partial charge in [0.15, 0.2) is 0 Å². The number of aryl methyl sites for hydroxylation is 3. The van der Waals surface area contributed by atoms with Crippen LogP contribution >= 0.6 is 0 Å². The molecule has 0 saturated heterocycles. The summed E-state index contributed by atoms with van der Waals surface area (Å²) in [5, 5.41) is 15.2. The first-order valence-corrected chi connectivity index (χ1v) is 12.5. The molecule has 0 amide bonds. The van der Waals surface area contributed by atoms with E-state index in [2.05, 4.69) is 106 Å². The van der Waals surface area contributed by atoms with E-state index in [-0.39, 0.29) is 0 Å². The zero-order chi connectivity index (χ0) is 24.6. The molecule has 0 fully saturated rings. The van der Waals surface area contributed by atoms with E-state index < -0.39 is 0 Å². The zero-order valence-electron chi connectivity index (χ0n) is 20.7. The summed E-state index contributed by atoms with van der Waals surface area (Å²) in [6, 6.07) is 34.3. The van der Waals surface area contributed by atoms with Crippen molar-refractivity contribution in [2.24, 2.45) is 0 Å². The average molecular weight is 463 g/mol. The van der Waals surface area contributed by atoms with Gasteiger partial charge in [-0.05, 0) is 110 Å². The molecule has 0 spiro atoms. The maximum atomic E-state index is 9.81. The summed E-state index contributed by atoms with van der Waals surface area (Å²) in [4.78, 5) is 0. The monoisotopic (exact) mass is 462 g/mol. The van der Waals surface area contributed by atoms with Gasteiger partial charge in [-0.25, -0.2) is 0 Å². The summed E-state index contributed by atoms with van der Waals surface area (Å²) in [7, 11) is 0. The van der Waals surface area contributed by atoms with Crippen LogP contribution < -0.4 is 0 Å². The third-order valence-electron chi connectivity index (χ3n) is 7.73. The maximum Gasteiger partial charge on any atom is 0.116 e. The molecule has 6 aromatic rings. The van der Waals surface area contributed by atoms with E-state index in [0.29, 0.717) is 5.75 Å². The minimum absolute atomic E-state index is 0.344. The number of hydrogen-bond donors (Lipinski definition) is 1. The van der Waals surface area contributed by atoms with E-state index in [9.17, 15) is 5.11 Å². The number of phenolic OH excluding ortho intramolecular Hbond substituents is 1. The fourth-order valence-corrected chi connectivity index (χ4v) is 6.42. The van der Waals surface area contributed by atoms with Crippen LogP contribution in [-0.2, 0) is 0 Å². The zero-order valence-corrected chi connectivity index (χ0v) is 20.7. The first kappa shape index (κ1) is 21.0. The number of rotatable bonds is 0. The second-order valence-electron chi connectivity index (χ2n) is 10.1. The highest BCUT2D eigenvalue weighted by Crippen LogP contribution is 2.50. The largest absolute Gasteiger partial charge is 0.508 e. The Labute approximate surface area is 211 Å². The molecule has 1 nitrogen and oxygen atoms in total. The molecule has 0 radical (unpaired) electrons.